The summed E-state index contributed by atoms with van der Waals surface area (Å²) in [5.41, 5.74) is 6.30. The van der Waals surface area contributed by atoms with Crippen molar-refractivity contribution in [1.82, 2.24) is 4.31 Å². The first-order chi connectivity index (χ1) is 11.9. The van der Waals surface area contributed by atoms with Crippen LogP contribution in [0.15, 0.2) is 23.1 Å². The van der Waals surface area contributed by atoms with E-state index < -0.39 is 16.1 Å². The van der Waals surface area contributed by atoms with Crippen LogP contribution in [0.3, 0.4) is 0 Å². The molecular weight excluding hydrogens is 362 g/mol. The van der Waals surface area contributed by atoms with Crippen LogP contribution in [-0.2, 0) is 14.8 Å². The van der Waals surface area contributed by atoms with Gasteiger partial charge in [0.2, 0.25) is 15.9 Å². The van der Waals surface area contributed by atoms with Crippen LogP contribution in [0.4, 0.5) is 5.69 Å². The average molecular weight is 388 g/mol. The molecule has 2 rings (SSSR count). The molecule has 0 spiro atoms. The molecule has 0 radical (unpaired) electrons. The van der Waals surface area contributed by atoms with E-state index in [0.29, 0.717) is 25.2 Å². The number of carbonyl (C=O) groups excluding carboxylic acids is 1. The van der Waals surface area contributed by atoms with Crippen LogP contribution in [0.25, 0.3) is 0 Å². The van der Waals surface area contributed by atoms with E-state index in [1.807, 2.05) is 6.26 Å². The van der Waals surface area contributed by atoms with E-state index in [9.17, 15) is 13.2 Å². The molecule has 1 heterocycles. The molecule has 1 aliphatic heterocycles. The zero-order chi connectivity index (χ0) is 18.4. The first-order valence-electron chi connectivity index (χ1n) is 8.13. The van der Waals surface area contributed by atoms with Crippen LogP contribution in [0.5, 0.6) is 5.75 Å². The lowest BCUT2D eigenvalue weighted by atomic mass is 10.2. The Bertz CT molecular complexity index is 703. The Balaban J connectivity index is 2.17. The Morgan fingerprint density at radius 1 is 1.40 bits per heavy atom. The van der Waals surface area contributed by atoms with Gasteiger partial charge >= 0.3 is 0 Å². The summed E-state index contributed by atoms with van der Waals surface area (Å²) in [5.74, 6) is 0.707. The number of carbonyl (C=O) groups is 1. The minimum absolute atomic E-state index is 0.113. The molecule has 1 saturated heterocycles. The highest BCUT2D eigenvalue weighted by Gasteiger charge is 2.30. The number of hydrogen-bond acceptors (Lipinski definition) is 6. The third-order valence-corrected chi connectivity index (χ3v) is 6.67. The number of methoxy groups -OCH3 is 1. The number of anilines is 1. The highest BCUT2D eigenvalue weighted by Crippen LogP contribution is 2.31. The molecule has 1 amide bonds. The van der Waals surface area contributed by atoms with Gasteiger partial charge in [0.15, 0.2) is 0 Å². The molecule has 140 valence electrons. The van der Waals surface area contributed by atoms with Gasteiger partial charge in [-0.1, -0.05) is 0 Å². The minimum atomic E-state index is -3.59. The molecule has 1 aliphatic rings. The molecule has 7 nitrogen and oxygen atoms in total. The molecule has 1 aromatic rings. The van der Waals surface area contributed by atoms with Crippen molar-refractivity contribution >= 4 is 33.4 Å². The Morgan fingerprint density at radius 3 is 2.68 bits per heavy atom. The average Bonchev–Trinajstić information content (AvgIpc) is 3.14. The molecule has 0 aliphatic carbocycles. The summed E-state index contributed by atoms with van der Waals surface area (Å²) in [4.78, 5) is 12.2. The van der Waals surface area contributed by atoms with E-state index in [1.165, 1.54) is 23.5 Å². The molecule has 9 heteroatoms. The minimum Gasteiger partial charge on any atom is -0.495 e. The van der Waals surface area contributed by atoms with Gasteiger partial charge in [-0.15, -0.1) is 0 Å². The van der Waals surface area contributed by atoms with E-state index in [4.69, 9.17) is 10.5 Å². The number of sulfonamides is 1. The first kappa shape index (κ1) is 20.0. The Kier molecular flexibility index (Phi) is 7.12. The number of nitrogens with two attached hydrogens (primary N) is 1. The number of nitrogens with zero attached hydrogens (tertiary/aromatic N) is 1. The third kappa shape index (κ3) is 4.87. The topological polar surface area (TPSA) is 102 Å². The lowest BCUT2D eigenvalue weighted by Crippen LogP contribution is -2.36. The number of amides is 1. The fraction of sp³-hybridized carbons (Fsp3) is 0.562. The standard InChI is InChI=1S/C16H25N3O4S2/c1-23-14-11-12(18-16(20)13(17)7-10-24-2)5-6-15(14)25(21,22)19-8-3-4-9-19/h5-6,11,13H,3-4,7-10,17H2,1-2H3,(H,18,20)/t13-/m0/s1. The van der Waals surface area contributed by atoms with Crippen LogP contribution in [0, 0.1) is 0 Å². The monoisotopic (exact) mass is 387 g/mol. The number of ether oxygens (including phenoxy) is 1. The van der Waals surface area contributed by atoms with Gasteiger partial charge < -0.3 is 15.8 Å². The van der Waals surface area contributed by atoms with Crippen molar-refractivity contribution in [2.45, 2.75) is 30.2 Å². The maximum absolute atomic E-state index is 12.7. The number of rotatable bonds is 8. The molecule has 1 fully saturated rings. The van der Waals surface area contributed by atoms with E-state index in [2.05, 4.69) is 5.32 Å². The number of nitrogens with one attached hydrogen (secondary N) is 1. The van der Waals surface area contributed by atoms with Gasteiger partial charge in [0.05, 0.1) is 13.2 Å². The molecule has 0 aromatic heterocycles. The largest absolute Gasteiger partial charge is 0.495 e. The number of hydrogen-bond donors (Lipinski definition) is 2. The summed E-state index contributed by atoms with van der Waals surface area (Å²) in [5, 5.41) is 2.71. The second-order valence-electron chi connectivity index (χ2n) is 5.85. The van der Waals surface area contributed by atoms with E-state index in [0.717, 1.165) is 18.6 Å². The predicted molar refractivity (Wildman–Crippen MR) is 101 cm³/mol. The maximum atomic E-state index is 12.7. The van der Waals surface area contributed by atoms with E-state index in [-0.39, 0.29) is 16.6 Å². The quantitative estimate of drug-likeness (QED) is 0.701. The van der Waals surface area contributed by atoms with Gasteiger partial charge in [-0.25, -0.2) is 8.42 Å². The second kappa shape index (κ2) is 8.88. The van der Waals surface area contributed by atoms with Crippen LogP contribution < -0.4 is 15.8 Å². The summed E-state index contributed by atoms with van der Waals surface area (Å²) in [6.07, 6.45) is 4.26. The lowest BCUT2D eigenvalue weighted by Gasteiger charge is -2.18. The summed E-state index contributed by atoms with van der Waals surface area (Å²) in [6.45, 7) is 1.04. The van der Waals surface area contributed by atoms with Crippen molar-refractivity contribution in [1.29, 1.82) is 0 Å². The predicted octanol–water partition coefficient (Wildman–Crippen LogP) is 1.50. The normalized spacial score (nSPS) is 16.6. The number of benzene rings is 1. The third-order valence-electron chi connectivity index (χ3n) is 4.08. The van der Waals surface area contributed by atoms with Gasteiger partial charge in [0.1, 0.15) is 10.6 Å². The van der Waals surface area contributed by atoms with Crippen molar-refractivity contribution in [2.75, 3.05) is 37.5 Å². The molecule has 0 saturated carbocycles. The first-order valence-corrected chi connectivity index (χ1v) is 11.0. The molecule has 0 unspecified atom stereocenters. The summed E-state index contributed by atoms with van der Waals surface area (Å²) in [7, 11) is -2.18. The molecular formula is C16H25N3O4S2. The summed E-state index contributed by atoms with van der Waals surface area (Å²) >= 11 is 1.63. The van der Waals surface area contributed by atoms with E-state index >= 15 is 0 Å². The molecule has 25 heavy (non-hydrogen) atoms. The summed E-state index contributed by atoms with van der Waals surface area (Å²) in [6, 6.07) is 3.94. The highest BCUT2D eigenvalue weighted by molar-refractivity contribution is 7.98. The summed E-state index contributed by atoms with van der Waals surface area (Å²) < 4.78 is 32.1. The Hall–Kier alpha value is -1.29. The van der Waals surface area contributed by atoms with E-state index in [1.54, 1.807) is 17.8 Å². The maximum Gasteiger partial charge on any atom is 0.246 e. The van der Waals surface area contributed by atoms with Crippen molar-refractivity contribution in [3.63, 3.8) is 0 Å². The van der Waals surface area contributed by atoms with Crippen molar-refractivity contribution in [3.05, 3.63) is 18.2 Å². The zero-order valence-electron chi connectivity index (χ0n) is 14.5. The Labute approximate surface area is 153 Å². The second-order valence-corrected chi connectivity index (χ2v) is 8.75. The smallest absolute Gasteiger partial charge is 0.246 e. The fourth-order valence-corrected chi connectivity index (χ4v) is 4.78. The molecule has 3 N–H and O–H groups in total. The number of thioether (sulfide) groups is 1. The van der Waals surface area contributed by atoms with Crippen LogP contribution in [-0.4, -0.2) is 56.9 Å². The molecule has 1 atom stereocenters. The SMILES string of the molecule is COc1cc(NC(=O)[C@@H](N)CCSC)ccc1S(=O)(=O)N1CCCC1. The van der Waals surface area contributed by atoms with Crippen molar-refractivity contribution in [3.8, 4) is 5.75 Å². The van der Waals surface area contributed by atoms with Gasteiger partial charge in [-0.3, -0.25) is 4.79 Å². The van der Waals surface area contributed by atoms with Crippen LogP contribution in [0.2, 0.25) is 0 Å². The Morgan fingerprint density at radius 2 is 2.08 bits per heavy atom. The van der Waals surface area contributed by atoms with Crippen molar-refractivity contribution in [2.24, 2.45) is 5.73 Å². The fourth-order valence-electron chi connectivity index (χ4n) is 2.64. The highest BCUT2D eigenvalue weighted by atomic mass is 32.2. The molecule has 0 bridgehead atoms. The zero-order valence-corrected chi connectivity index (χ0v) is 16.2. The lowest BCUT2D eigenvalue weighted by molar-refractivity contribution is -0.117. The van der Waals surface area contributed by atoms with Crippen LogP contribution >= 0.6 is 11.8 Å². The van der Waals surface area contributed by atoms with Crippen molar-refractivity contribution < 1.29 is 17.9 Å². The molecule has 1 aromatic carbocycles. The van der Waals surface area contributed by atoms with Gasteiger partial charge in [0.25, 0.3) is 0 Å². The van der Waals surface area contributed by atoms with Gasteiger partial charge in [-0.2, -0.15) is 16.1 Å². The van der Waals surface area contributed by atoms with Crippen LogP contribution in [0.1, 0.15) is 19.3 Å². The van der Waals surface area contributed by atoms with Gasteiger partial charge in [0, 0.05) is 24.8 Å². The van der Waals surface area contributed by atoms with Gasteiger partial charge in [-0.05, 0) is 43.4 Å².